The average molecular weight is 307 g/mol. The van der Waals surface area contributed by atoms with Crippen LogP contribution in [0.2, 0.25) is 0 Å². The number of hydrogen-bond donors (Lipinski definition) is 1. The second kappa shape index (κ2) is 7.12. The number of rotatable bonds is 4. The van der Waals surface area contributed by atoms with Crippen LogP contribution in [0.5, 0.6) is 0 Å². The molecule has 0 aromatic carbocycles. The van der Waals surface area contributed by atoms with Crippen molar-refractivity contribution in [1.29, 1.82) is 0 Å². The summed E-state index contributed by atoms with van der Waals surface area (Å²) >= 11 is 0. The zero-order valence-corrected chi connectivity index (χ0v) is 12.2. The largest absolute Gasteiger partial charge is 0.435 e. The van der Waals surface area contributed by atoms with Crippen molar-refractivity contribution in [3.05, 3.63) is 35.7 Å². The fourth-order valence-electron chi connectivity index (χ4n) is 1.85. The van der Waals surface area contributed by atoms with Crippen molar-refractivity contribution in [2.24, 2.45) is 0 Å². The van der Waals surface area contributed by atoms with E-state index >= 15 is 0 Å². The van der Waals surface area contributed by atoms with Crippen molar-refractivity contribution in [3.8, 4) is 23.2 Å². The molecule has 116 valence electrons. The smallest absolute Gasteiger partial charge is 0.276 e. The number of nitrogens with one attached hydrogen (secondary N) is 1. The molecule has 3 nitrogen and oxygen atoms in total. The molecule has 2 aromatic heterocycles. The van der Waals surface area contributed by atoms with Crippen molar-refractivity contribution in [2.45, 2.75) is 38.8 Å². The lowest BCUT2D eigenvalue weighted by molar-refractivity contribution is -0.141. The van der Waals surface area contributed by atoms with E-state index < -0.39 is 11.9 Å². The van der Waals surface area contributed by atoms with Gasteiger partial charge in [0.05, 0.1) is 11.4 Å². The zero-order valence-electron chi connectivity index (χ0n) is 12.2. The molecule has 0 radical (unpaired) electrons. The summed E-state index contributed by atoms with van der Waals surface area (Å²) in [6.45, 7) is 2.13. The first-order valence-electron chi connectivity index (χ1n) is 7.08. The van der Waals surface area contributed by atoms with Crippen molar-refractivity contribution in [3.63, 3.8) is 0 Å². The first-order chi connectivity index (χ1) is 10.5. The standard InChI is InChI=1S/C16H16F3N3/c1-2-3-4-5-6-7-12-8-9-13(20-11-12)14-10-15(22-21-14)16(17,18)19/h8-11H,2-5H2,1H3,(H,21,22). The Labute approximate surface area is 127 Å². The van der Waals surface area contributed by atoms with Crippen LogP contribution in [-0.4, -0.2) is 15.2 Å². The van der Waals surface area contributed by atoms with E-state index in [0.717, 1.165) is 37.3 Å². The molecule has 0 unspecified atom stereocenters. The van der Waals surface area contributed by atoms with Crippen molar-refractivity contribution in [1.82, 2.24) is 15.2 Å². The fraction of sp³-hybridized carbons (Fsp3) is 0.375. The van der Waals surface area contributed by atoms with Crippen LogP contribution >= 0.6 is 0 Å². The van der Waals surface area contributed by atoms with Gasteiger partial charge in [0.25, 0.3) is 0 Å². The summed E-state index contributed by atoms with van der Waals surface area (Å²) in [5, 5.41) is 5.59. The highest BCUT2D eigenvalue weighted by atomic mass is 19.4. The molecule has 1 N–H and O–H groups in total. The van der Waals surface area contributed by atoms with Crippen LogP contribution < -0.4 is 0 Å². The highest BCUT2D eigenvalue weighted by molar-refractivity contribution is 5.55. The van der Waals surface area contributed by atoms with Crippen LogP contribution in [0.4, 0.5) is 13.2 Å². The van der Waals surface area contributed by atoms with Crippen LogP contribution in [0, 0.1) is 11.8 Å². The summed E-state index contributed by atoms with van der Waals surface area (Å²) in [4.78, 5) is 4.12. The molecular formula is C16H16F3N3. The Bertz CT molecular complexity index is 660. The molecule has 0 spiro atoms. The van der Waals surface area contributed by atoms with Gasteiger partial charge in [-0.05, 0) is 24.6 Å². The maximum absolute atomic E-state index is 12.5. The van der Waals surface area contributed by atoms with Gasteiger partial charge in [-0.2, -0.15) is 18.3 Å². The van der Waals surface area contributed by atoms with Gasteiger partial charge in [-0.1, -0.05) is 31.6 Å². The number of nitrogens with zero attached hydrogens (tertiary/aromatic N) is 2. The molecule has 0 amide bonds. The quantitative estimate of drug-likeness (QED) is 0.671. The molecule has 0 saturated heterocycles. The third-order valence-electron chi connectivity index (χ3n) is 3.05. The van der Waals surface area contributed by atoms with Gasteiger partial charge in [-0.15, -0.1) is 0 Å². The Hall–Kier alpha value is -2.29. The Balaban J connectivity index is 2.04. The van der Waals surface area contributed by atoms with E-state index in [1.807, 2.05) is 0 Å². The Morgan fingerprint density at radius 3 is 2.64 bits per heavy atom. The molecule has 6 heteroatoms. The second-order valence-electron chi connectivity index (χ2n) is 4.86. The van der Waals surface area contributed by atoms with Gasteiger partial charge < -0.3 is 0 Å². The number of halogens is 3. The lowest BCUT2D eigenvalue weighted by atomic mass is 10.2. The van der Waals surface area contributed by atoms with E-state index in [1.165, 1.54) is 0 Å². The van der Waals surface area contributed by atoms with Crippen molar-refractivity contribution in [2.75, 3.05) is 0 Å². The summed E-state index contributed by atoms with van der Waals surface area (Å²) in [6, 6.07) is 4.31. The molecule has 22 heavy (non-hydrogen) atoms. The Morgan fingerprint density at radius 2 is 2.05 bits per heavy atom. The molecule has 0 atom stereocenters. The predicted molar refractivity (Wildman–Crippen MR) is 77.8 cm³/mol. The first kappa shape index (κ1) is 16.1. The fourth-order valence-corrected chi connectivity index (χ4v) is 1.85. The van der Waals surface area contributed by atoms with E-state index in [9.17, 15) is 13.2 Å². The van der Waals surface area contributed by atoms with E-state index in [-0.39, 0.29) is 5.69 Å². The number of H-pyrrole nitrogens is 1. The van der Waals surface area contributed by atoms with Crippen LogP contribution in [-0.2, 0) is 6.18 Å². The normalized spacial score (nSPS) is 11.1. The summed E-state index contributed by atoms with van der Waals surface area (Å²) in [5.74, 6) is 6.05. The number of pyridine rings is 1. The highest BCUT2D eigenvalue weighted by Gasteiger charge is 2.34. The van der Waals surface area contributed by atoms with Gasteiger partial charge in [0.1, 0.15) is 0 Å². The summed E-state index contributed by atoms with van der Waals surface area (Å²) in [6.07, 6.45) is 1.32. The SMILES string of the molecule is CCCCCC#Cc1ccc(-c2cc(C(F)(F)F)n[nH]2)nc1. The molecule has 2 heterocycles. The van der Waals surface area contributed by atoms with Crippen molar-refractivity contribution >= 4 is 0 Å². The topological polar surface area (TPSA) is 41.6 Å². The van der Waals surface area contributed by atoms with Gasteiger partial charge in [0, 0.05) is 18.2 Å². The molecule has 2 aromatic rings. The van der Waals surface area contributed by atoms with Crippen LogP contribution in [0.1, 0.15) is 43.9 Å². The molecule has 0 bridgehead atoms. The predicted octanol–water partition coefficient (Wildman–Crippen LogP) is 4.42. The lowest BCUT2D eigenvalue weighted by Gasteiger charge is -1.99. The summed E-state index contributed by atoms with van der Waals surface area (Å²) in [7, 11) is 0. The van der Waals surface area contributed by atoms with E-state index in [4.69, 9.17) is 0 Å². The monoisotopic (exact) mass is 307 g/mol. The van der Waals surface area contributed by atoms with E-state index in [0.29, 0.717) is 5.69 Å². The minimum Gasteiger partial charge on any atom is -0.276 e. The van der Waals surface area contributed by atoms with Crippen molar-refractivity contribution < 1.29 is 13.2 Å². The molecule has 0 aliphatic heterocycles. The number of unbranched alkanes of at least 4 members (excludes halogenated alkanes) is 3. The van der Waals surface area contributed by atoms with Gasteiger partial charge in [0.2, 0.25) is 0 Å². The Kier molecular flexibility index (Phi) is 5.21. The van der Waals surface area contributed by atoms with Gasteiger partial charge in [-0.25, -0.2) is 0 Å². The maximum Gasteiger partial charge on any atom is 0.435 e. The molecule has 2 rings (SSSR count). The zero-order chi connectivity index (χ0) is 16.0. The van der Waals surface area contributed by atoms with E-state index in [2.05, 4.69) is 33.9 Å². The Morgan fingerprint density at radius 1 is 1.23 bits per heavy atom. The minimum atomic E-state index is -4.46. The third kappa shape index (κ3) is 4.35. The minimum absolute atomic E-state index is 0.231. The first-order valence-corrected chi connectivity index (χ1v) is 7.08. The number of hydrogen-bond acceptors (Lipinski definition) is 2. The average Bonchev–Trinajstić information content (AvgIpc) is 2.98. The molecule has 0 aliphatic carbocycles. The van der Waals surface area contributed by atoms with Gasteiger partial charge >= 0.3 is 6.18 Å². The molecule has 0 aliphatic rings. The second-order valence-corrected chi connectivity index (χ2v) is 4.86. The van der Waals surface area contributed by atoms with Crippen LogP contribution in [0.15, 0.2) is 24.4 Å². The number of aromatic amines is 1. The van der Waals surface area contributed by atoms with Crippen LogP contribution in [0.3, 0.4) is 0 Å². The number of alkyl halides is 3. The molecule has 0 saturated carbocycles. The lowest BCUT2D eigenvalue weighted by Crippen LogP contribution is -2.04. The third-order valence-corrected chi connectivity index (χ3v) is 3.05. The maximum atomic E-state index is 12.5. The van der Waals surface area contributed by atoms with E-state index in [1.54, 1.807) is 18.3 Å². The number of aromatic nitrogens is 3. The summed E-state index contributed by atoms with van der Waals surface area (Å²) < 4.78 is 37.5. The molecular weight excluding hydrogens is 291 g/mol. The molecule has 0 fully saturated rings. The van der Waals surface area contributed by atoms with Gasteiger partial charge in [-0.3, -0.25) is 10.1 Å². The highest BCUT2D eigenvalue weighted by Crippen LogP contribution is 2.29. The van der Waals surface area contributed by atoms with Crippen LogP contribution in [0.25, 0.3) is 11.4 Å². The summed E-state index contributed by atoms with van der Waals surface area (Å²) in [5.41, 5.74) is 0.425. The van der Waals surface area contributed by atoms with Gasteiger partial charge in [0.15, 0.2) is 5.69 Å².